The molecule has 2 heteroatoms. The molecule has 0 atom stereocenters. The molecule has 78 valence electrons. The number of para-hydroxylation sites is 1. The highest BCUT2D eigenvalue weighted by Crippen LogP contribution is 2.42. The number of rotatable bonds is 2. The standard InChI is InChI=1S/C13H16N2/c1-8(2)10-4-3-5-11-12(9-6-7-9)14-15-13(10)11/h3-5,8-9H,6-7H2,1-2H3,(H,14,15). The van der Waals surface area contributed by atoms with Gasteiger partial charge in [-0.3, -0.25) is 5.10 Å². The third kappa shape index (κ3) is 1.36. The van der Waals surface area contributed by atoms with E-state index < -0.39 is 0 Å². The van der Waals surface area contributed by atoms with Crippen LogP contribution in [0.3, 0.4) is 0 Å². The number of fused-ring (bicyclic) bond motifs is 1. The topological polar surface area (TPSA) is 28.7 Å². The highest BCUT2D eigenvalue weighted by Gasteiger charge is 2.27. The lowest BCUT2D eigenvalue weighted by Crippen LogP contribution is -1.88. The third-order valence-electron chi connectivity index (χ3n) is 3.25. The van der Waals surface area contributed by atoms with Crippen molar-refractivity contribution in [3.05, 3.63) is 29.5 Å². The van der Waals surface area contributed by atoms with Gasteiger partial charge in [-0.25, -0.2) is 0 Å². The van der Waals surface area contributed by atoms with Crippen LogP contribution in [0, 0.1) is 0 Å². The van der Waals surface area contributed by atoms with Crippen LogP contribution in [0.25, 0.3) is 10.9 Å². The minimum absolute atomic E-state index is 0.545. The fourth-order valence-electron chi connectivity index (χ4n) is 2.23. The average Bonchev–Trinajstić information content (AvgIpc) is 2.97. The second-order valence-electron chi connectivity index (χ2n) is 4.81. The number of benzene rings is 1. The number of aromatic nitrogens is 2. The summed E-state index contributed by atoms with van der Waals surface area (Å²) in [5, 5.41) is 9.03. The molecule has 3 rings (SSSR count). The molecule has 0 aliphatic heterocycles. The Morgan fingerprint density at radius 2 is 2.13 bits per heavy atom. The molecule has 0 unspecified atom stereocenters. The van der Waals surface area contributed by atoms with E-state index >= 15 is 0 Å². The van der Waals surface area contributed by atoms with Gasteiger partial charge in [-0.1, -0.05) is 32.0 Å². The molecule has 1 saturated carbocycles. The smallest absolute Gasteiger partial charge is 0.0958 e. The van der Waals surface area contributed by atoms with Crippen LogP contribution >= 0.6 is 0 Å². The maximum atomic E-state index is 4.48. The number of hydrogen-bond donors (Lipinski definition) is 1. The molecule has 1 aromatic carbocycles. The van der Waals surface area contributed by atoms with Gasteiger partial charge in [0.1, 0.15) is 0 Å². The van der Waals surface area contributed by atoms with E-state index in [2.05, 4.69) is 42.2 Å². The predicted molar refractivity (Wildman–Crippen MR) is 62.2 cm³/mol. The van der Waals surface area contributed by atoms with Crippen LogP contribution in [0.5, 0.6) is 0 Å². The van der Waals surface area contributed by atoms with E-state index in [1.807, 2.05) is 0 Å². The summed E-state index contributed by atoms with van der Waals surface area (Å²) in [6.45, 7) is 4.44. The SMILES string of the molecule is CC(C)c1cccc2c(C3CC3)[nH]nc12. The van der Waals surface area contributed by atoms with Gasteiger partial charge in [0.25, 0.3) is 0 Å². The molecular formula is C13H16N2. The molecule has 15 heavy (non-hydrogen) atoms. The Kier molecular flexibility index (Phi) is 1.84. The molecule has 0 spiro atoms. The van der Waals surface area contributed by atoms with Crippen molar-refractivity contribution >= 4 is 10.9 Å². The van der Waals surface area contributed by atoms with Gasteiger partial charge in [0.05, 0.1) is 5.52 Å². The lowest BCUT2D eigenvalue weighted by molar-refractivity contribution is 0.870. The van der Waals surface area contributed by atoms with Crippen LogP contribution in [0.4, 0.5) is 0 Å². The Hall–Kier alpha value is -1.31. The van der Waals surface area contributed by atoms with E-state index in [1.54, 1.807) is 0 Å². The summed E-state index contributed by atoms with van der Waals surface area (Å²) >= 11 is 0. The highest BCUT2D eigenvalue weighted by atomic mass is 15.1. The van der Waals surface area contributed by atoms with Gasteiger partial charge in [0, 0.05) is 17.0 Å². The summed E-state index contributed by atoms with van der Waals surface area (Å²) in [6, 6.07) is 6.53. The minimum atomic E-state index is 0.545. The van der Waals surface area contributed by atoms with Crippen LogP contribution in [0.15, 0.2) is 18.2 Å². The molecular weight excluding hydrogens is 184 g/mol. The first-order valence-electron chi connectivity index (χ1n) is 5.74. The number of H-pyrrole nitrogens is 1. The minimum Gasteiger partial charge on any atom is -0.281 e. The van der Waals surface area contributed by atoms with Crippen LogP contribution in [0.1, 0.15) is 49.8 Å². The molecule has 1 heterocycles. The number of nitrogens with zero attached hydrogens (tertiary/aromatic N) is 1. The van der Waals surface area contributed by atoms with Gasteiger partial charge in [0.15, 0.2) is 0 Å². The molecule has 1 fully saturated rings. The largest absolute Gasteiger partial charge is 0.281 e. The molecule has 0 bridgehead atoms. The molecule has 0 amide bonds. The number of nitrogens with one attached hydrogen (secondary N) is 1. The normalized spacial score (nSPS) is 16.5. The van der Waals surface area contributed by atoms with Crippen molar-refractivity contribution in [3.63, 3.8) is 0 Å². The Balaban J connectivity index is 2.23. The zero-order chi connectivity index (χ0) is 10.4. The van der Waals surface area contributed by atoms with E-state index in [9.17, 15) is 0 Å². The summed E-state index contributed by atoms with van der Waals surface area (Å²) in [7, 11) is 0. The van der Waals surface area contributed by atoms with Crippen molar-refractivity contribution in [1.82, 2.24) is 10.2 Å². The van der Waals surface area contributed by atoms with Crippen molar-refractivity contribution in [3.8, 4) is 0 Å². The first-order valence-corrected chi connectivity index (χ1v) is 5.74. The van der Waals surface area contributed by atoms with Crippen molar-refractivity contribution in [2.45, 2.75) is 38.5 Å². The zero-order valence-corrected chi connectivity index (χ0v) is 9.25. The van der Waals surface area contributed by atoms with E-state index in [-0.39, 0.29) is 0 Å². The summed E-state index contributed by atoms with van der Waals surface area (Å²) < 4.78 is 0. The van der Waals surface area contributed by atoms with E-state index in [0.29, 0.717) is 5.92 Å². The highest BCUT2D eigenvalue weighted by molar-refractivity contribution is 5.85. The third-order valence-corrected chi connectivity index (χ3v) is 3.25. The number of hydrogen-bond acceptors (Lipinski definition) is 1. The summed E-state index contributed by atoms with van der Waals surface area (Å²) in [5.41, 5.74) is 3.89. The lowest BCUT2D eigenvalue weighted by Gasteiger charge is -2.05. The van der Waals surface area contributed by atoms with Gasteiger partial charge < -0.3 is 0 Å². The first kappa shape index (κ1) is 8.96. The molecule has 1 aliphatic carbocycles. The summed E-state index contributed by atoms with van der Waals surface area (Å²) in [4.78, 5) is 0. The van der Waals surface area contributed by atoms with Crippen molar-refractivity contribution < 1.29 is 0 Å². The molecule has 0 saturated heterocycles. The van der Waals surface area contributed by atoms with Crippen LogP contribution in [-0.4, -0.2) is 10.2 Å². The summed E-state index contributed by atoms with van der Waals surface area (Å²) in [6.07, 6.45) is 2.65. The Labute approximate surface area is 89.7 Å². The predicted octanol–water partition coefficient (Wildman–Crippen LogP) is 3.56. The van der Waals surface area contributed by atoms with E-state index in [0.717, 1.165) is 5.92 Å². The molecule has 1 aromatic heterocycles. The lowest BCUT2D eigenvalue weighted by atomic mass is 9.99. The fraction of sp³-hybridized carbons (Fsp3) is 0.462. The summed E-state index contributed by atoms with van der Waals surface area (Å²) in [5.74, 6) is 1.29. The Morgan fingerprint density at radius 3 is 2.80 bits per heavy atom. The van der Waals surface area contributed by atoms with Gasteiger partial charge >= 0.3 is 0 Å². The second kappa shape index (κ2) is 3.09. The maximum absolute atomic E-state index is 4.48. The van der Waals surface area contributed by atoms with Crippen molar-refractivity contribution in [1.29, 1.82) is 0 Å². The number of aromatic amines is 1. The average molecular weight is 200 g/mol. The fourth-order valence-corrected chi connectivity index (χ4v) is 2.23. The zero-order valence-electron chi connectivity index (χ0n) is 9.25. The Morgan fingerprint density at radius 1 is 1.33 bits per heavy atom. The maximum Gasteiger partial charge on any atom is 0.0958 e. The second-order valence-corrected chi connectivity index (χ2v) is 4.81. The molecule has 1 aliphatic rings. The van der Waals surface area contributed by atoms with E-state index in [4.69, 9.17) is 0 Å². The van der Waals surface area contributed by atoms with Crippen LogP contribution < -0.4 is 0 Å². The molecule has 2 nitrogen and oxygen atoms in total. The first-order chi connectivity index (χ1) is 7.27. The molecule has 2 aromatic rings. The van der Waals surface area contributed by atoms with Crippen molar-refractivity contribution in [2.24, 2.45) is 0 Å². The van der Waals surface area contributed by atoms with Gasteiger partial charge in [-0.05, 0) is 24.3 Å². The molecule has 0 radical (unpaired) electrons. The van der Waals surface area contributed by atoms with Gasteiger partial charge in [-0.2, -0.15) is 5.10 Å². The quantitative estimate of drug-likeness (QED) is 0.788. The monoisotopic (exact) mass is 200 g/mol. The van der Waals surface area contributed by atoms with Gasteiger partial charge in [0.2, 0.25) is 0 Å². The van der Waals surface area contributed by atoms with Gasteiger partial charge in [-0.15, -0.1) is 0 Å². The Bertz CT molecular complexity index is 492. The van der Waals surface area contributed by atoms with Crippen LogP contribution in [0.2, 0.25) is 0 Å². The molecule has 1 N–H and O–H groups in total. The van der Waals surface area contributed by atoms with E-state index in [1.165, 1.54) is 35.0 Å². The van der Waals surface area contributed by atoms with Crippen molar-refractivity contribution in [2.75, 3.05) is 0 Å². The van der Waals surface area contributed by atoms with Crippen LogP contribution in [-0.2, 0) is 0 Å².